The molecule has 0 spiro atoms. The van der Waals surface area contributed by atoms with Crippen molar-refractivity contribution in [1.29, 1.82) is 0 Å². The van der Waals surface area contributed by atoms with Crippen LogP contribution in [0.1, 0.15) is 5.56 Å². The molecule has 0 saturated carbocycles. The Labute approximate surface area is 108 Å². The average molecular weight is 294 g/mol. The van der Waals surface area contributed by atoms with Crippen molar-refractivity contribution in [2.45, 2.75) is 6.92 Å². The van der Waals surface area contributed by atoms with Gasteiger partial charge in [-0.3, -0.25) is 0 Å². The maximum absolute atomic E-state index is 5.18. The lowest BCUT2D eigenvalue weighted by Gasteiger charge is -2.09. The summed E-state index contributed by atoms with van der Waals surface area (Å²) in [7, 11) is 1.64. The first-order valence-corrected chi connectivity index (χ1v) is 5.87. The summed E-state index contributed by atoms with van der Waals surface area (Å²) in [5, 5.41) is 3.15. The summed E-state index contributed by atoms with van der Waals surface area (Å²) in [6.45, 7) is 2.01. The third kappa shape index (κ3) is 2.94. The molecule has 0 radical (unpaired) electrons. The third-order valence-electron chi connectivity index (χ3n) is 2.31. The first-order valence-electron chi connectivity index (χ1n) is 5.08. The minimum absolute atomic E-state index is 0.560. The highest BCUT2D eigenvalue weighted by atomic mass is 79.9. The summed E-state index contributed by atoms with van der Waals surface area (Å²) in [6, 6.07) is 5.82. The highest BCUT2D eigenvalue weighted by molar-refractivity contribution is 9.10. The molecule has 0 unspecified atom stereocenters. The molecule has 1 aromatic heterocycles. The molecule has 2 rings (SSSR count). The smallest absolute Gasteiger partial charge is 0.227 e. The van der Waals surface area contributed by atoms with Crippen LogP contribution in [0.2, 0.25) is 0 Å². The molecule has 1 aromatic carbocycles. The molecule has 5 heteroatoms. The fourth-order valence-corrected chi connectivity index (χ4v) is 1.56. The van der Waals surface area contributed by atoms with Crippen molar-refractivity contribution < 1.29 is 4.74 Å². The molecule has 88 valence electrons. The Balaban J connectivity index is 2.25. The van der Waals surface area contributed by atoms with Crippen LogP contribution in [0.4, 0.5) is 11.6 Å². The van der Waals surface area contributed by atoms with E-state index in [0.29, 0.717) is 5.95 Å². The van der Waals surface area contributed by atoms with Crippen molar-refractivity contribution in [1.82, 2.24) is 9.97 Å². The van der Waals surface area contributed by atoms with E-state index in [1.807, 2.05) is 25.1 Å². The average Bonchev–Trinajstić information content (AvgIpc) is 2.35. The van der Waals surface area contributed by atoms with Gasteiger partial charge < -0.3 is 10.1 Å². The van der Waals surface area contributed by atoms with E-state index in [1.165, 1.54) is 0 Å². The number of hydrogen-bond donors (Lipinski definition) is 1. The lowest BCUT2D eigenvalue weighted by molar-refractivity contribution is 0.415. The van der Waals surface area contributed by atoms with Gasteiger partial charge in [-0.1, -0.05) is 6.07 Å². The Morgan fingerprint density at radius 2 is 1.94 bits per heavy atom. The van der Waals surface area contributed by atoms with Crippen molar-refractivity contribution in [3.63, 3.8) is 0 Å². The third-order valence-corrected chi connectivity index (χ3v) is 2.72. The van der Waals surface area contributed by atoms with Crippen molar-refractivity contribution >= 4 is 27.6 Å². The fraction of sp³-hybridized carbons (Fsp3) is 0.167. The summed E-state index contributed by atoms with van der Waals surface area (Å²) in [4.78, 5) is 8.32. The molecule has 1 N–H and O–H groups in total. The van der Waals surface area contributed by atoms with Crippen LogP contribution in [0.3, 0.4) is 0 Å². The zero-order valence-corrected chi connectivity index (χ0v) is 11.2. The van der Waals surface area contributed by atoms with E-state index in [2.05, 4.69) is 31.2 Å². The van der Waals surface area contributed by atoms with Crippen molar-refractivity contribution in [2.75, 3.05) is 12.4 Å². The maximum atomic E-state index is 5.18. The molecule has 0 atom stereocenters. The van der Waals surface area contributed by atoms with Crippen LogP contribution in [0.15, 0.2) is 35.1 Å². The van der Waals surface area contributed by atoms with E-state index in [0.717, 1.165) is 21.5 Å². The zero-order chi connectivity index (χ0) is 12.3. The first kappa shape index (κ1) is 11.9. The minimum atomic E-state index is 0.560. The van der Waals surface area contributed by atoms with E-state index in [1.54, 1.807) is 19.5 Å². The summed E-state index contributed by atoms with van der Waals surface area (Å²) in [5.41, 5.74) is 2.05. The van der Waals surface area contributed by atoms with Gasteiger partial charge >= 0.3 is 0 Å². The van der Waals surface area contributed by atoms with Crippen LogP contribution >= 0.6 is 15.9 Å². The normalized spacial score (nSPS) is 10.1. The van der Waals surface area contributed by atoms with Crippen LogP contribution in [0.25, 0.3) is 0 Å². The predicted octanol–water partition coefficient (Wildman–Crippen LogP) is 3.30. The van der Waals surface area contributed by atoms with Gasteiger partial charge in [-0.25, -0.2) is 9.97 Å². The number of benzene rings is 1. The van der Waals surface area contributed by atoms with Crippen LogP contribution in [0, 0.1) is 6.92 Å². The number of methoxy groups -OCH3 is 1. The lowest BCUT2D eigenvalue weighted by atomic mass is 10.2. The Hall–Kier alpha value is -1.62. The summed E-state index contributed by atoms with van der Waals surface area (Å²) >= 11 is 3.30. The molecule has 0 aliphatic carbocycles. The van der Waals surface area contributed by atoms with Crippen molar-refractivity contribution in [2.24, 2.45) is 0 Å². The molecule has 0 bridgehead atoms. The SMILES string of the molecule is COc1ccc(C)c(Nc2ncc(Br)cn2)c1. The predicted molar refractivity (Wildman–Crippen MR) is 70.7 cm³/mol. The molecule has 0 fully saturated rings. The van der Waals surface area contributed by atoms with E-state index in [4.69, 9.17) is 4.74 Å². The molecule has 0 saturated heterocycles. The quantitative estimate of drug-likeness (QED) is 0.943. The minimum Gasteiger partial charge on any atom is -0.497 e. The lowest BCUT2D eigenvalue weighted by Crippen LogP contribution is -1.98. The molecule has 0 aliphatic rings. The van der Waals surface area contributed by atoms with Gasteiger partial charge in [0, 0.05) is 24.1 Å². The van der Waals surface area contributed by atoms with Gasteiger partial charge in [-0.2, -0.15) is 0 Å². The van der Waals surface area contributed by atoms with E-state index < -0.39 is 0 Å². The number of halogens is 1. The molecule has 4 nitrogen and oxygen atoms in total. The summed E-state index contributed by atoms with van der Waals surface area (Å²) in [6.07, 6.45) is 3.40. The fourth-order valence-electron chi connectivity index (χ4n) is 1.36. The van der Waals surface area contributed by atoms with Gasteiger partial charge in [0.05, 0.1) is 11.6 Å². The largest absolute Gasteiger partial charge is 0.497 e. The van der Waals surface area contributed by atoms with E-state index in [9.17, 15) is 0 Å². The van der Waals surface area contributed by atoms with Gasteiger partial charge in [0.15, 0.2) is 0 Å². The second-order valence-corrected chi connectivity index (χ2v) is 4.45. The monoisotopic (exact) mass is 293 g/mol. The molecular weight excluding hydrogens is 282 g/mol. The molecule has 17 heavy (non-hydrogen) atoms. The van der Waals surface area contributed by atoms with Gasteiger partial charge in [-0.05, 0) is 34.5 Å². The van der Waals surface area contributed by atoms with Crippen LogP contribution in [-0.2, 0) is 0 Å². The Bertz CT molecular complexity index is 514. The number of aromatic nitrogens is 2. The van der Waals surface area contributed by atoms with E-state index in [-0.39, 0.29) is 0 Å². The number of anilines is 2. The van der Waals surface area contributed by atoms with Crippen LogP contribution in [0.5, 0.6) is 5.75 Å². The zero-order valence-electron chi connectivity index (χ0n) is 9.57. The maximum Gasteiger partial charge on any atom is 0.227 e. The number of hydrogen-bond acceptors (Lipinski definition) is 4. The Morgan fingerprint density at radius 1 is 1.24 bits per heavy atom. The van der Waals surface area contributed by atoms with Gasteiger partial charge in [0.1, 0.15) is 5.75 Å². The number of nitrogens with zero attached hydrogens (tertiary/aromatic N) is 2. The number of ether oxygens (including phenoxy) is 1. The van der Waals surface area contributed by atoms with Crippen LogP contribution < -0.4 is 10.1 Å². The van der Waals surface area contributed by atoms with Gasteiger partial charge in [0.2, 0.25) is 5.95 Å². The number of aryl methyl sites for hydroxylation is 1. The van der Waals surface area contributed by atoms with Crippen molar-refractivity contribution in [3.8, 4) is 5.75 Å². The number of nitrogens with one attached hydrogen (secondary N) is 1. The van der Waals surface area contributed by atoms with E-state index >= 15 is 0 Å². The standard InChI is InChI=1S/C12H12BrN3O/c1-8-3-4-10(17-2)5-11(8)16-12-14-6-9(13)7-15-12/h3-7H,1-2H3,(H,14,15,16). The van der Waals surface area contributed by atoms with Gasteiger partial charge in [0.25, 0.3) is 0 Å². The second kappa shape index (κ2) is 5.14. The molecule has 0 aliphatic heterocycles. The molecule has 0 amide bonds. The van der Waals surface area contributed by atoms with Crippen molar-refractivity contribution in [3.05, 3.63) is 40.6 Å². The first-order chi connectivity index (χ1) is 8.19. The molecule has 1 heterocycles. The molecule has 2 aromatic rings. The summed E-state index contributed by atoms with van der Waals surface area (Å²) in [5.74, 6) is 1.36. The summed E-state index contributed by atoms with van der Waals surface area (Å²) < 4.78 is 6.03. The topological polar surface area (TPSA) is 47.0 Å². The Morgan fingerprint density at radius 3 is 2.59 bits per heavy atom. The number of rotatable bonds is 3. The highest BCUT2D eigenvalue weighted by Crippen LogP contribution is 2.23. The molecular formula is C12H12BrN3O. The van der Waals surface area contributed by atoms with Crippen LogP contribution in [-0.4, -0.2) is 17.1 Å². The second-order valence-electron chi connectivity index (χ2n) is 3.53. The Kier molecular flexibility index (Phi) is 3.58. The highest BCUT2D eigenvalue weighted by Gasteiger charge is 2.03. The van der Waals surface area contributed by atoms with Gasteiger partial charge in [-0.15, -0.1) is 0 Å².